The van der Waals surface area contributed by atoms with Crippen LogP contribution in [0.2, 0.25) is 0 Å². The van der Waals surface area contributed by atoms with E-state index in [9.17, 15) is 4.79 Å². The first-order chi connectivity index (χ1) is 7.09. The summed E-state index contributed by atoms with van der Waals surface area (Å²) in [5, 5.41) is 3.43. The van der Waals surface area contributed by atoms with Gasteiger partial charge in [0.25, 0.3) is 5.56 Å². The van der Waals surface area contributed by atoms with E-state index in [1.165, 1.54) is 0 Å². The molecule has 0 radical (unpaired) electrons. The third-order valence-corrected chi connectivity index (χ3v) is 3.15. The summed E-state index contributed by atoms with van der Waals surface area (Å²) in [5.41, 5.74) is 1.12. The van der Waals surface area contributed by atoms with E-state index in [1.807, 2.05) is 11.7 Å². The number of nitrogens with zero attached hydrogens (tertiary/aromatic N) is 3. The highest BCUT2D eigenvalue weighted by Crippen LogP contribution is 2.14. The standard InChI is InChI=1S/C10H18N4O/c1-12-5-4-11-8(7-12)9-6-10(15)14(3)13(9)2/h6,8,11H,4-5,7H2,1-3H3. The minimum absolute atomic E-state index is 0.0579. The first kappa shape index (κ1) is 10.4. The fraction of sp³-hybridized carbons (Fsp3) is 0.700. The first-order valence-corrected chi connectivity index (χ1v) is 5.24. The largest absolute Gasteiger partial charge is 0.306 e. The van der Waals surface area contributed by atoms with Crippen molar-refractivity contribution in [2.75, 3.05) is 26.7 Å². The second-order valence-electron chi connectivity index (χ2n) is 4.22. The van der Waals surface area contributed by atoms with Crippen LogP contribution in [0.3, 0.4) is 0 Å². The van der Waals surface area contributed by atoms with Gasteiger partial charge in [-0.2, -0.15) is 0 Å². The minimum Gasteiger partial charge on any atom is -0.306 e. The maximum Gasteiger partial charge on any atom is 0.266 e. The molecular weight excluding hydrogens is 192 g/mol. The third kappa shape index (κ3) is 1.85. The number of aromatic nitrogens is 2. The van der Waals surface area contributed by atoms with E-state index >= 15 is 0 Å². The van der Waals surface area contributed by atoms with Gasteiger partial charge in [0.2, 0.25) is 0 Å². The lowest BCUT2D eigenvalue weighted by atomic mass is 10.1. The van der Waals surface area contributed by atoms with Crippen molar-refractivity contribution >= 4 is 0 Å². The van der Waals surface area contributed by atoms with Gasteiger partial charge in [-0.3, -0.25) is 14.2 Å². The Morgan fingerprint density at radius 3 is 2.60 bits per heavy atom. The maximum atomic E-state index is 11.5. The lowest BCUT2D eigenvalue weighted by Gasteiger charge is -2.31. The highest BCUT2D eigenvalue weighted by Gasteiger charge is 2.21. The van der Waals surface area contributed by atoms with Crippen LogP contribution in [0.5, 0.6) is 0 Å². The Kier molecular flexibility index (Phi) is 2.67. The second kappa shape index (κ2) is 3.83. The van der Waals surface area contributed by atoms with Crippen LogP contribution in [-0.4, -0.2) is 40.9 Å². The Morgan fingerprint density at radius 1 is 1.33 bits per heavy atom. The third-order valence-electron chi connectivity index (χ3n) is 3.15. The maximum absolute atomic E-state index is 11.5. The van der Waals surface area contributed by atoms with Crippen LogP contribution in [0.4, 0.5) is 0 Å². The van der Waals surface area contributed by atoms with Gasteiger partial charge in [0.1, 0.15) is 0 Å². The van der Waals surface area contributed by atoms with Crippen LogP contribution in [0.1, 0.15) is 11.7 Å². The summed E-state index contributed by atoms with van der Waals surface area (Å²) in [6, 6.07) is 1.99. The quantitative estimate of drug-likeness (QED) is 0.666. The molecular formula is C10H18N4O. The number of rotatable bonds is 1. The molecule has 1 aromatic heterocycles. The first-order valence-electron chi connectivity index (χ1n) is 5.24. The molecule has 0 spiro atoms. The predicted octanol–water partition coefficient (Wildman–Crippen LogP) is -0.700. The molecule has 1 aliphatic rings. The van der Waals surface area contributed by atoms with Crippen LogP contribution in [0.25, 0.3) is 0 Å². The highest BCUT2D eigenvalue weighted by atomic mass is 16.1. The molecule has 0 amide bonds. The Morgan fingerprint density at radius 2 is 2.07 bits per heavy atom. The molecule has 0 aromatic carbocycles. The van der Waals surface area contributed by atoms with E-state index in [0.717, 1.165) is 25.3 Å². The average Bonchev–Trinajstić information content (AvgIpc) is 2.46. The van der Waals surface area contributed by atoms with Gasteiger partial charge in [0, 0.05) is 39.8 Å². The average molecular weight is 210 g/mol. The topological polar surface area (TPSA) is 42.2 Å². The molecule has 5 nitrogen and oxygen atoms in total. The van der Waals surface area contributed by atoms with Gasteiger partial charge in [-0.1, -0.05) is 0 Å². The molecule has 15 heavy (non-hydrogen) atoms. The van der Waals surface area contributed by atoms with Gasteiger partial charge in [-0.25, -0.2) is 0 Å². The van der Waals surface area contributed by atoms with E-state index in [4.69, 9.17) is 0 Å². The molecule has 2 rings (SSSR count). The minimum atomic E-state index is 0.0579. The molecule has 1 N–H and O–H groups in total. The summed E-state index contributed by atoms with van der Waals surface area (Å²) in [6.07, 6.45) is 0. The Bertz CT molecular complexity index is 406. The molecule has 1 unspecified atom stereocenters. The fourth-order valence-electron chi connectivity index (χ4n) is 2.06. The van der Waals surface area contributed by atoms with E-state index in [1.54, 1.807) is 17.8 Å². The van der Waals surface area contributed by atoms with Gasteiger partial charge in [0.15, 0.2) is 0 Å². The molecule has 0 aliphatic carbocycles. The predicted molar refractivity (Wildman–Crippen MR) is 58.9 cm³/mol. The van der Waals surface area contributed by atoms with Crippen molar-refractivity contribution in [3.8, 4) is 0 Å². The number of likely N-dealkylation sites (N-methyl/N-ethyl adjacent to an activating group) is 1. The van der Waals surface area contributed by atoms with Crippen LogP contribution in [0, 0.1) is 0 Å². The number of nitrogens with one attached hydrogen (secondary N) is 1. The Labute approximate surface area is 89.3 Å². The van der Waals surface area contributed by atoms with Gasteiger partial charge in [-0.05, 0) is 7.05 Å². The monoisotopic (exact) mass is 210 g/mol. The zero-order valence-electron chi connectivity index (χ0n) is 9.53. The van der Waals surface area contributed by atoms with Crippen molar-refractivity contribution in [1.29, 1.82) is 0 Å². The van der Waals surface area contributed by atoms with Crippen LogP contribution in [0.15, 0.2) is 10.9 Å². The van der Waals surface area contributed by atoms with E-state index in [2.05, 4.69) is 17.3 Å². The second-order valence-corrected chi connectivity index (χ2v) is 4.22. The van der Waals surface area contributed by atoms with Gasteiger partial charge < -0.3 is 10.2 Å². The Balaban J connectivity index is 2.29. The van der Waals surface area contributed by atoms with E-state index in [-0.39, 0.29) is 11.6 Å². The zero-order chi connectivity index (χ0) is 11.0. The highest BCUT2D eigenvalue weighted by molar-refractivity contribution is 5.09. The number of hydrogen-bond acceptors (Lipinski definition) is 3. The van der Waals surface area contributed by atoms with Crippen LogP contribution < -0.4 is 10.9 Å². The van der Waals surface area contributed by atoms with Crippen molar-refractivity contribution in [1.82, 2.24) is 19.6 Å². The normalized spacial score (nSPS) is 23.3. The van der Waals surface area contributed by atoms with Crippen molar-refractivity contribution in [3.05, 3.63) is 22.1 Å². The van der Waals surface area contributed by atoms with Gasteiger partial charge in [-0.15, -0.1) is 0 Å². The SMILES string of the molecule is CN1CCNC(c2cc(=O)n(C)n2C)C1. The Hall–Kier alpha value is -1.07. The van der Waals surface area contributed by atoms with Crippen LogP contribution >= 0.6 is 0 Å². The van der Waals surface area contributed by atoms with Gasteiger partial charge in [0.05, 0.1) is 11.7 Å². The molecule has 0 bridgehead atoms. The molecule has 84 valence electrons. The van der Waals surface area contributed by atoms with E-state index in [0.29, 0.717) is 0 Å². The fourth-order valence-corrected chi connectivity index (χ4v) is 2.06. The van der Waals surface area contributed by atoms with Crippen molar-refractivity contribution in [2.45, 2.75) is 6.04 Å². The summed E-state index contributed by atoms with van der Waals surface area (Å²) >= 11 is 0. The zero-order valence-corrected chi connectivity index (χ0v) is 9.53. The lowest BCUT2D eigenvalue weighted by molar-refractivity contribution is 0.234. The lowest BCUT2D eigenvalue weighted by Crippen LogP contribution is -2.44. The molecule has 5 heteroatoms. The van der Waals surface area contributed by atoms with Crippen molar-refractivity contribution in [3.63, 3.8) is 0 Å². The van der Waals surface area contributed by atoms with Crippen molar-refractivity contribution in [2.24, 2.45) is 14.1 Å². The summed E-state index contributed by atoms with van der Waals surface area (Å²) in [7, 11) is 5.82. The van der Waals surface area contributed by atoms with Crippen LogP contribution in [-0.2, 0) is 14.1 Å². The molecule has 1 atom stereocenters. The molecule has 1 aliphatic heterocycles. The molecule has 1 saturated heterocycles. The summed E-state index contributed by atoms with van der Waals surface area (Å²) < 4.78 is 3.55. The number of piperazine rings is 1. The summed E-state index contributed by atoms with van der Waals surface area (Å²) in [6.45, 7) is 3.00. The summed E-state index contributed by atoms with van der Waals surface area (Å²) in [5.74, 6) is 0. The number of hydrogen-bond donors (Lipinski definition) is 1. The van der Waals surface area contributed by atoms with Crippen molar-refractivity contribution < 1.29 is 0 Å². The smallest absolute Gasteiger partial charge is 0.266 e. The molecule has 2 heterocycles. The molecule has 1 fully saturated rings. The molecule has 0 saturated carbocycles. The summed E-state index contributed by atoms with van der Waals surface area (Å²) in [4.78, 5) is 13.8. The van der Waals surface area contributed by atoms with E-state index < -0.39 is 0 Å². The molecule has 1 aromatic rings. The van der Waals surface area contributed by atoms with Gasteiger partial charge >= 0.3 is 0 Å².